The number of rotatable bonds is 5. The van der Waals surface area contributed by atoms with Crippen molar-refractivity contribution >= 4 is 21.2 Å². The fourth-order valence-electron chi connectivity index (χ4n) is 3.79. The Hall–Kier alpha value is -4.32. The number of benzene rings is 2. The topological polar surface area (TPSA) is 116 Å². The van der Waals surface area contributed by atoms with Gasteiger partial charge < -0.3 is 5.73 Å². The second-order valence-electron chi connectivity index (χ2n) is 8.02. The molecule has 5 aromatic rings. The first-order chi connectivity index (χ1) is 17.1. The summed E-state index contributed by atoms with van der Waals surface area (Å²) >= 11 is 0. The minimum atomic E-state index is -3.35. The number of nitrogen functional groups attached to an aromatic ring is 1. The first-order valence-electron chi connectivity index (χ1n) is 10.5. The lowest BCUT2D eigenvalue weighted by Gasteiger charge is -2.07. The van der Waals surface area contributed by atoms with E-state index in [4.69, 9.17) is 5.73 Å². The van der Waals surface area contributed by atoms with Crippen molar-refractivity contribution in [2.24, 2.45) is 0 Å². The lowest BCUT2D eigenvalue weighted by atomic mass is 10.1. The Morgan fingerprint density at radius 3 is 2.47 bits per heavy atom. The molecule has 0 aliphatic carbocycles. The van der Waals surface area contributed by atoms with Crippen molar-refractivity contribution in [2.45, 2.75) is 11.3 Å². The van der Waals surface area contributed by atoms with Gasteiger partial charge in [0.25, 0.3) is 0 Å². The third-order valence-electron chi connectivity index (χ3n) is 5.52. The number of sulfone groups is 1. The van der Waals surface area contributed by atoms with Crippen molar-refractivity contribution in [1.29, 1.82) is 0 Å². The highest BCUT2D eigenvalue weighted by atomic mass is 32.2. The molecule has 8 nitrogen and oxygen atoms in total. The van der Waals surface area contributed by atoms with Crippen LogP contribution in [0.15, 0.2) is 65.8 Å². The molecule has 0 radical (unpaired) electrons. The molecular formula is C24H17F3N6O2S. The van der Waals surface area contributed by atoms with Crippen LogP contribution in [-0.2, 0) is 16.3 Å². The molecule has 2 aromatic carbocycles. The van der Waals surface area contributed by atoms with Crippen molar-refractivity contribution in [1.82, 2.24) is 24.6 Å². The van der Waals surface area contributed by atoms with Crippen LogP contribution < -0.4 is 5.73 Å². The minimum absolute atomic E-state index is 0.122. The molecule has 0 aliphatic rings. The maximum absolute atomic E-state index is 14.3. The van der Waals surface area contributed by atoms with Gasteiger partial charge in [0, 0.05) is 42.3 Å². The summed E-state index contributed by atoms with van der Waals surface area (Å²) in [5.74, 6) is -2.88. The Bertz CT molecular complexity index is 1740. The number of hydrogen-bond acceptors (Lipinski definition) is 7. The van der Waals surface area contributed by atoms with E-state index in [1.54, 1.807) is 24.3 Å². The van der Waals surface area contributed by atoms with Crippen LogP contribution >= 0.6 is 0 Å². The summed E-state index contributed by atoms with van der Waals surface area (Å²) < 4.78 is 66.5. The smallest absolute Gasteiger partial charge is 0.182 e. The first-order valence-corrected chi connectivity index (χ1v) is 12.4. The molecule has 0 fully saturated rings. The quantitative estimate of drug-likeness (QED) is 0.357. The van der Waals surface area contributed by atoms with Gasteiger partial charge in [0.2, 0.25) is 0 Å². The van der Waals surface area contributed by atoms with Crippen LogP contribution in [0.1, 0.15) is 11.4 Å². The maximum Gasteiger partial charge on any atom is 0.182 e. The molecule has 36 heavy (non-hydrogen) atoms. The van der Waals surface area contributed by atoms with E-state index in [0.717, 1.165) is 12.3 Å². The molecule has 5 rings (SSSR count). The van der Waals surface area contributed by atoms with E-state index in [2.05, 4.69) is 20.1 Å². The lowest BCUT2D eigenvalue weighted by molar-refractivity contribution is 0.486. The summed E-state index contributed by atoms with van der Waals surface area (Å²) in [5.41, 5.74) is 7.85. The van der Waals surface area contributed by atoms with Crippen molar-refractivity contribution in [3.63, 3.8) is 0 Å². The summed E-state index contributed by atoms with van der Waals surface area (Å²) in [7, 11) is -3.35. The largest absolute Gasteiger partial charge is 0.383 e. The number of fused-ring (bicyclic) bond motifs is 1. The SMILES string of the molecule is CS(=O)(=O)c1ccc(-c2cnc(-c3nc(Cc4cc(F)cc(F)c4F)n4ncccc34)nc2N)cc1. The fourth-order valence-corrected chi connectivity index (χ4v) is 4.42. The Balaban J connectivity index is 1.55. The number of hydrogen-bond donors (Lipinski definition) is 1. The number of aromatic nitrogens is 5. The molecule has 0 bridgehead atoms. The van der Waals surface area contributed by atoms with Crippen LogP contribution in [0.25, 0.3) is 28.2 Å². The van der Waals surface area contributed by atoms with E-state index in [9.17, 15) is 21.6 Å². The summed E-state index contributed by atoms with van der Waals surface area (Å²) in [6.07, 6.45) is 3.85. The molecule has 0 aliphatic heterocycles. The fraction of sp³-hybridized carbons (Fsp3) is 0.0833. The second-order valence-corrected chi connectivity index (χ2v) is 10.0. The van der Waals surface area contributed by atoms with E-state index in [-0.39, 0.29) is 34.3 Å². The number of halogens is 3. The van der Waals surface area contributed by atoms with Crippen molar-refractivity contribution in [3.05, 3.63) is 89.8 Å². The van der Waals surface area contributed by atoms with Crippen LogP contribution in [0.2, 0.25) is 0 Å². The van der Waals surface area contributed by atoms with Crippen molar-refractivity contribution < 1.29 is 21.6 Å². The van der Waals surface area contributed by atoms with Gasteiger partial charge in [-0.15, -0.1) is 0 Å². The Morgan fingerprint density at radius 1 is 1.03 bits per heavy atom. The molecule has 3 aromatic heterocycles. The molecule has 0 atom stereocenters. The average Bonchev–Trinajstić information content (AvgIpc) is 3.20. The highest BCUT2D eigenvalue weighted by molar-refractivity contribution is 7.90. The summed E-state index contributed by atoms with van der Waals surface area (Å²) in [5, 5.41) is 4.22. The van der Waals surface area contributed by atoms with Gasteiger partial charge >= 0.3 is 0 Å². The first kappa shape index (κ1) is 23.4. The van der Waals surface area contributed by atoms with Crippen LogP contribution in [0.4, 0.5) is 19.0 Å². The number of nitrogens with zero attached hydrogens (tertiary/aromatic N) is 5. The molecule has 0 saturated carbocycles. The van der Waals surface area contributed by atoms with Crippen LogP contribution in [0.5, 0.6) is 0 Å². The van der Waals surface area contributed by atoms with E-state index >= 15 is 0 Å². The summed E-state index contributed by atoms with van der Waals surface area (Å²) in [4.78, 5) is 13.4. The van der Waals surface area contributed by atoms with Crippen LogP contribution in [-0.4, -0.2) is 39.2 Å². The summed E-state index contributed by atoms with van der Waals surface area (Å²) in [6, 6.07) is 10.9. The molecule has 0 spiro atoms. The normalized spacial score (nSPS) is 11.8. The van der Waals surface area contributed by atoms with Crippen molar-refractivity contribution in [2.75, 3.05) is 12.0 Å². The Kier molecular flexibility index (Phi) is 5.67. The highest BCUT2D eigenvalue weighted by Gasteiger charge is 2.20. The molecule has 12 heteroatoms. The highest BCUT2D eigenvalue weighted by Crippen LogP contribution is 2.29. The van der Waals surface area contributed by atoms with E-state index < -0.39 is 27.3 Å². The van der Waals surface area contributed by atoms with Crippen LogP contribution in [0, 0.1) is 17.5 Å². The van der Waals surface area contributed by atoms with Gasteiger partial charge in [0.05, 0.1) is 10.4 Å². The molecule has 2 N–H and O–H groups in total. The van der Waals surface area contributed by atoms with Gasteiger partial charge in [0.1, 0.15) is 23.2 Å². The number of nitrogens with two attached hydrogens (primary N) is 1. The van der Waals surface area contributed by atoms with Gasteiger partial charge in [-0.05, 0) is 35.9 Å². The Labute approximate surface area is 203 Å². The van der Waals surface area contributed by atoms with Crippen molar-refractivity contribution in [3.8, 4) is 22.6 Å². The van der Waals surface area contributed by atoms with Gasteiger partial charge in [0.15, 0.2) is 27.3 Å². The second kappa shape index (κ2) is 8.72. The standard InChI is InChI=1S/C24H17F3N6O2S/c1-36(34,35)16-6-4-13(5-7-16)17-12-29-24(32-23(17)28)22-19-3-2-8-30-33(19)20(31-22)10-14-9-15(25)11-18(26)21(14)27/h2-9,11-12H,10H2,1H3,(H2,28,29,32). The average molecular weight is 511 g/mol. The van der Waals surface area contributed by atoms with E-state index in [1.807, 2.05) is 0 Å². The van der Waals surface area contributed by atoms with E-state index in [1.165, 1.54) is 29.0 Å². The van der Waals surface area contributed by atoms with Gasteiger partial charge in [-0.2, -0.15) is 5.10 Å². The zero-order valence-electron chi connectivity index (χ0n) is 18.7. The maximum atomic E-state index is 14.3. The molecule has 0 amide bonds. The molecular weight excluding hydrogens is 493 g/mol. The predicted octanol–water partition coefficient (Wildman–Crippen LogP) is 3.85. The molecule has 182 valence electrons. The number of anilines is 1. The summed E-state index contributed by atoms with van der Waals surface area (Å²) in [6.45, 7) is 0. The minimum Gasteiger partial charge on any atom is -0.383 e. The van der Waals surface area contributed by atoms with Gasteiger partial charge in [-0.25, -0.2) is 41.1 Å². The van der Waals surface area contributed by atoms with Crippen LogP contribution in [0.3, 0.4) is 0 Å². The van der Waals surface area contributed by atoms with Gasteiger partial charge in [-0.1, -0.05) is 12.1 Å². The van der Waals surface area contributed by atoms with Gasteiger partial charge in [-0.3, -0.25) is 0 Å². The molecule has 0 saturated heterocycles. The molecule has 3 heterocycles. The number of imidazole rings is 1. The monoisotopic (exact) mass is 510 g/mol. The Morgan fingerprint density at radius 2 is 1.78 bits per heavy atom. The third-order valence-corrected chi connectivity index (χ3v) is 6.65. The van der Waals surface area contributed by atoms with E-state index in [0.29, 0.717) is 28.4 Å². The molecule has 0 unspecified atom stereocenters. The lowest BCUT2D eigenvalue weighted by Crippen LogP contribution is -2.03. The zero-order valence-corrected chi connectivity index (χ0v) is 19.5. The zero-order chi connectivity index (χ0) is 25.6. The third kappa shape index (κ3) is 4.26. The predicted molar refractivity (Wildman–Crippen MR) is 126 cm³/mol.